The van der Waals surface area contributed by atoms with Crippen LogP contribution in [0.2, 0.25) is 0 Å². The lowest BCUT2D eigenvalue weighted by Crippen LogP contribution is -2.27. The van der Waals surface area contributed by atoms with E-state index in [1.807, 2.05) is 19.9 Å². The van der Waals surface area contributed by atoms with E-state index in [0.717, 1.165) is 12.1 Å². The summed E-state index contributed by atoms with van der Waals surface area (Å²) >= 11 is 0. The standard InChI is InChI=1S/C35H28F4N4O4/c1-35(2)18-46-17-29(35)43-28-12-20(34(44)45-3)9-10-27(28)41-30(43)14-22-25(37)13-23(33(39)32(22)38)26-5-4-6-31(42-26)47-16-21-8-7-19(15-40)11-24(21)36/h4-13,29H,14,16-18H2,1-3H3/t29-/m1/s1. The van der Waals surface area contributed by atoms with Crippen molar-refractivity contribution in [3.63, 3.8) is 0 Å². The average molecular weight is 645 g/mol. The minimum Gasteiger partial charge on any atom is -0.473 e. The van der Waals surface area contributed by atoms with Gasteiger partial charge in [-0.05, 0) is 42.5 Å². The van der Waals surface area contributed by atoms with E-state index in [2.05, 4.69) is 9.97 Å². The van der Waals surface area contributed by atoms with Gasteiger partial charge in [0.2, 0.25) is 5.88 Å². The molecule has 0 amide bonds. The minimum absolute atomic E-state index is 0.0306. The summed E-state index contributed by atoms with van der Waals surface area (Å²) in [6.45, 7) is 4.46. The molecule has 12 heteroatoms. The van der Waals surface area contributed by atoms with E-state index in [0.29, 0.717) is 24.2 Å². The van der Waals surface area contributed by atoms with Crippen LogP contribution in [0, 0.1) is 40.0 Å². The third-order valence-electron chi connectivity index (χ3n) is 8.29. The van der Waals surface area contributed by atoms with Gasteiger partial charge in [0, 0.05) is 34.6 Å². The molecule has 8 nitrogen and oxygen atoms in total. The lowest BCUT2D eigenvalue weighted by molar-refractivity contribution is 0.0601. The van der Waals surface area contributed by atoms with Crippen LogP contribution in [0.3, 0.4) is 0 Å². The number of rotatable bonds is 8. The van der Waals surface area contributed by atoms with E-state index >= 15 is 13.2 Å². The molecule has 1 atom stereocenters. The van der Waals surface area contributed by atoms with Crippen molar-refractivity contribution in [1.29, 1.82) is 5.26 Å². The van der Waals surface area contributed by atoms with Gasteiger partial charge in [0.05, 0.1) is 60.3 Å². The zero-order chi connectivity index (χ0) is 33.5. The average Bonchev–Trinajstić information content (AvgIpc) is 3.60. The zero-order valence-corrected chi connectivity index (χ0v) is 25.6. The van der Waals surface area contributed by atoms with Crippen LogP contribution in [0.4, 0.5) is 17.6 Å². The highest BCUT2D eigenvalue weighted by molar-refractivity contribution is 5.93. The van der Waals surface area contributed by atoms with E-state index in [-0.39, 0.29) is 52.2 Å². The SMILES string of the molecule is COC(=O)c1ccc2nc(Cc3c(F)cc(-c4cccc(OCc5ccc(C#N)cc5F)n4)c(F)c3F)n([C@@H]3COCC3(C)C)c2c1. The molecular formula is C35H28F4N4O4. The second-order valence-electron chi connectivity index (χ2n) is 11.9. The smallest absolute Gasteiger partial charge is 0.337 e. The van der Waals surface area contributed by atoms with E-state index < -0.39 is 46.8 Å². The van der Waals surface area contributed by atoms with Gasteiger partial charge in [-0.25, -0.2) is 32.3 Å². The Balaban J connectivity index is 1.34. The Hall–Kier alpha value is -5.28. The number of halogens is 4. The fourth-order valence-electron chi connectivity index (χ4n) is 5.71. The van der Waals surface area contributed by atoms with Gasteiger partial charge >= 0.3 is 5.97 Å². The second kappa shape index (κ2) is 12.5. The lowest BCUT2D eigenvalue weighted by Gasteiger charge is -2.28. The first-order chi connectivity index (χ1) is 22.5. The molecule has 3 aromatic carbocycles. The van der Waals surface area contributed by atoms with Gasteiger partial charge in [-0.2, -0.15) is 5.26 Å². The Kier molecular flexibility index (Phi) is 8.42. The molecule has 1 aliphatic heterocycles. The van der Waals surface area contributed by atoms with Crippen molar-refractivity contribution in [3.05, 3.63) is 112 Å². The van der Waals surface area contributed by atoms with Crippen molar-refractivity contribution >= 4 is 17.0 Å². The third-order valence-corrected chi connectivity index (χ3v) is 8.29. The summed E-state index contributed by atoms with van der Waals surface area (Å²) in [6.07, 6.45) is -0.392. The molecule has 0 aliphatic carbocycles. The number of pyridine rings is 1. The molecule has 2 aromatic heterocycles. The molecule has 0 saturated carbocycles. The maximum Gasteiger partial charge on any atom is 0.337 e. The van der Waals surface area contributed by atoms with Crippen LogP contribution in [0.15, 0.2) is 60.7 Å². The van der Waals surface area contributed by atoms with E-state index in [1.165, 1.54) is 37.4 Å². The number of fused-ring (bicyclic) bond motifs is 1. The van der Waals surface area contributed by atoms with Gasteiger partial charge in [0.15, 0.2) is 11.6 Å². The second-order valence-corrected chi connectivity index (χ2v) is 11.9. The summed E-state index contributed by atoms with van der Waals surface area (Å²) in [7, 11) is 1.27. The molecule has 1 aliphatic rings. The van der Waals surface area contributed by atoms with Crippen molar-refractivity contribution < 1.29 is 36.6 Å². The maximum absolute atomic E-state index is 15.7. The fraction of sp³-hybridized carbons (Fsp3) is 0.257. The minimum atomic E-state index is -1.40. The number of nitriles is 1. The number of ether oxygens (including phenoxy) is 3. The van der Waals surface area contributed by atoms with Crippen molar-refractivity contribution in [2.45, 2.75) is 32.9 Å². The number of carbonyl (C=O) groups is 1. The third kappa shape index (κ3) is 6.02. The Morgan fingerprint density at radius 2 is 1.85 bits per heavy atom. The van der Waals surface area contributed by atoms with Gasteiger partial charge < -0.3 is 18.8 Å². The molecule has 3 heterocycles. The number of nitrogens with zero attached hydrogens (tertiary/aromatic N) is 4. The Labute approximate surface area is 267 Å². The summed E-state index contributed by atoms with van der Waals surface area (Å²) in [5.41, 5.74) is 0.160. The first kappa shape index (κ1) is 31.7. The molecule has 47 heavy (non-hydrogen) atoms. The lowest BCUT2D eigenvalue weighted by atomic mass is 9.87. The van der Waals surface area contributed by atoms with Crippen LogP contribution in [0.5, 0.6) is 5.88 Å². The number of methoxy groups -OCH3 is 1. The van der Waals surface area contributed by atoms with Crippen molar-refractivity contribution in [2.75, 3.05) is 20.3 Å². The highest BCUT2D eigenvalue weighted by Gasteiger charge is 2.39. The number of hydrogen-bond acceptors (Lipinski definition) is 7. The maximum atomic E-state index is 15.7. The van der Waals surface area contributed by atoms with Gasteiger partial charge in [0.25, 0.3) is 0 Å². The molecule has 1 saturated heterocycles. The Morgan fingerprint density at radius 3 is 2.55 bits per heavy atom. The number of aromatic nitrogens is 3. The summed E-state index contributed by atoms with van der Waals surface area (Å²) in [5.74, 6) is -4.69. The summed E-state index contributed by atoms with van der Waals surface area (Å²) in [5, 5.41) is 8.93. The van der Waals surface area contributed by atoms with Crippen LogP contribution in [-0.4, -0.2) is 40.8 Å². The van der Waals surface area contributed by atoms with Gasteiger partial charge in [-0.3, -0.25) is 0 Å². The quantitative estimate of drug-likeness (QED) is 0.101. The van der Waals surface area contributed by atoms with E-state index in [1.54, 1.807) is 22.8 Å². The van der Waals surface area contributed by atoms with Gasteiger partial charge in [0.1, 0.15) is 24.1 Å². The van der Waals surface area contributed by atoms with Crippen molar-refractivity contribution in [1.82, 2.24) is 14.5 Å². The highest BCUT2D eigenvalue weighted by atomic mass is 19.2. The largest absolute Gasteiger partial charge is 0.473 e. The van der Waals surface area contributed by atoms with Crippen LogP contribution in [0.1, 0.15) is 52.8 Å². The predicted octanol–water partition coefficient (Wildman–Crippen LogP) is 7.08. The van der Waals surface area contributed by atoms with Gasteiger partial charge in [-0.1, -0.05) is 26.0 Å². The molecule has 0 N–H and O–H groups in total. The molecule has 0 radical (unpaired) electrons. The van der Waals surface area contributed by atoms with Crippen molar-refractivity contribution in [3.8, 4) is 23.2 Å². The number of esters is 1. The molecule has 6 rings (SSSR count). The number of benzene rings is 3. The summed E-state index contributed by atoms with van der Waals surface area (Å²) in [4.78, 5) is 21.1. The molecule has 5 aromatic rings. The molecule has 240 valence electrons. The summed E-state index contributed by atoms with van der Waals surface area (Å²) < 4.78 is 79.4. The van der Waals surface area contributed by atoms with Crippen molar-refractivity contribution in [2.24, 2.45) is 5.41 Å². The zero-order valence-electron chi connectivity index (χ0n) is 25.6. The fourth-order valence-corrected chi connectivity index (χ4v) is 5.71. The number of carbonyl (C=O) groups excluding carboxylic acids is 1. The molecule has 0 bridgehead atoms. The Morgan fingerprint density at radius 1 is 1.04 bits per heavy atom. The molecule has 0 unspecified atom stereocenters. The first-order valence-electron chi connectivity index (χ1n) is 14.6. The topological polar surface area (TPSA) is 99.3 Å². The van der Waals surface area contributed by atoms with Crippen LogP contribution >= 0.6 is 0 Å². The number of hydrogen-bond donors (Lipinski definition) is 0. The number of imidazole rings is 1. The molecule has 0 spiro atoms. The van der Waals surface area contributed by atoms with E-state index in [4.69, 9.17) is 19.5 Å². The van der Waals surface area contributed by atoms with Crippen LogP contribution < -0.4 is 4.74 Å². The van der Waals surface area contributed by atoms with Crippen LogP contribution in [0.25, 0.3) is 22.3 Å². The Bertz CT molecular complexity index is 2070. The summed E-state index contributed by atoms with van der Waals surface area (Å²) in [6, 6.07) is 15.4. The molecule has 1 fully saturated rings. The normalized spacial score (nSPS) is 15.5. The predicted molar refractivity (Wildman–Crippen MR) is 163 cm³/mol. The van der Waals surface area contributed by atoms with E-state index in [9.17, 15) is 9.18 Å². The first-order valence-corrected chi connectivity index (χ1v) is 14.6. The highest BCUT2D eigenvalue weighted by Crippen LogP contribution is 2.41. The van der Waals surface area contributed by atoms with Crippen LogP contribution in [-0.2, 0) is 22.5 Å². The van der Waals surface area contributed by atoms with Gasteiger partial charge in [-0.15, -0.1) is 0 Å². The molecular weight excluding hydrogens is 616 g/mol. The monoisotopic (exact) mass is 644 g/mol.